The van der Waals surface area contributed by atoms with Crippen molar-refractivity contribution in [2.45, 2.75) is 6.42 Å². The van der Waals surface area contributed by atoms with Crippen molar-refractivity contribution >= 4 is 17.3 Å². The smallest absolute Gasteiger partial charge is 0.191 e. The van der Waals surface area contributed by atoms with Crippen LogP contribution in [0.4, 0.5) is 0 Å². The molecule has 0 amide bonds. The minimum atomic E-state index is -0.214. The predicted molar refractivity (Wildman–Crippen MR) is 42.4 cm³/mol. The summed E-state index contributed by atoms with van der Waals surface area (Å²) in [6, 6.07) is 0. The number of allylic oxidation sites excluding steroid dienone is 2. The van der Waals surface area contributed by atoms with Crippen molar-refractivity contribution in [2.24, 2.45) is 4.99 Å². The molecule has 1 heterocycles. The fourth-order valence-corrected chi connectivity index (χ4v) is 1.16. The standard InChI is InChI=1S/C8H6N2O2/c11-5-3-6-8(7(12)4-5)10-2-1-9-6/h1-3,9H,4H2. The van der Waals surface area contributed by atoms with Crippen LogP contribution in [0.15, 0.2) is 29.2 Å². The number of nitrogens with zero attached hydrogens (tertiary/aromatic N) is 1. The van der Waals surface area contributed by atoms with E-state index in [4.69, 9.17) is 0 Å². The number of hydrogen-bond acceptors (Lipinski definition) is 4. The van der Waals surface area contributed by atoms with Crippen molar-refractivity contribution in [3.8, 4) is 0 Å². The normalized spacial score (nSPS) is 21.0. The molecule has 0 atom stereocenters. The molecule has 4 nitrogen and oxygen atoms in total. The molecule has 0 aromatic rings. The lowest BCUT2D eigenvalue weighted by Crippen LogP contribution is -2.31. The van der Waals surface area contributed by atoms with Crippen molar-refractivity contribution in [3.05, 3.63) is 24.2 Å². The Morgan fingerprint density at radius 1 is 1.42 bits per heavy atom. The van der Waals surface area contributed by atoms with E-state index in [1.807, 2.05) is 0 Å². The van der Waals surface area contributed by atoms with Crippen molar-refractivity contribution in [1.82, 2.24) is 5.32 Å². The summed E-state index contributed by atoms with van der Waals surface area (Å²) in [5, 5.41) is 2.79. The van der Waals surface area contributed by atoms with E-state index < -0.39 is 0 Å². The molecule has 0 fully saturated rings. The summed E-state index contributed by atoms with van der Waals surface area (Å²) in [4.78, 5) is 26.0. The first-order valence-electron chi connectivity index (χ1n) is 3.55. The van der Waals surface area contributed by atoms with Crippen LogP contribution in [0.3, 0.4) is 0 Å². The third kappa shape index (κ3) is 0.972. The van der Waals surface area contributed by atoms with Crippen LogP contribution in [0.25, 0.3) is 0 Å². The molecule has 0 bridgehead atoms. The van der Waals surface area contributed by atoms with Crippen molar-refractivity contribution < 1.29 is 9.59 Å². The first-order chi connectivity index (χ1) is 5.77. The summed E-state index contributed by atoms with van der Waals surface area (Å²) < 4.78 is 0. The first kappa shape index (κ1) is 6.97. The van der Waals surface area contributed by atoms with Crippen LogP contribution in [-0.4, -0.2) is 17.3 Å². The highest BCUT2D eigenvalue weighted by Crippen LogP contribution is 2.10. The Morgan fingerprint density at radius 2 is 2.25 bits per heavy atom. The number of Topliss-reactive ketones (excluding diaryl/α,β-unsaturated/α-hetero) is 1. The lowest BCUT2D eigenvalue weighted by Gasteiger charge is -2.15. The number of carbonyl (C=O) groups is 2. The number of ketones is 2. The van der Waals surface area contributed by atoms with Gasteiger partial charge in [0.1, 0.15) is 5.71 Å². The highest BCUT2D eigenvalue weighted by molar-refractivity contribution is 6.51. The second kappa shape index (κ2) is 2.41. The summed E-state index contributed by atoms with van der Waals surface area (Å²) >= 11 is 0. The second-order valence-electron chi connectivity index (χ2n) is 2.56. The van der Waals surface area contributed by atoms with Gasteiger partial charge in [-0.15, -0.1) is 0 Å². The Morgan fingerprint density at radius 3 is 3.08 bits per heavy atom. The van der Waals surface area contributed by atoms with Crippen LogP contribution in [0.5, 0.6) is 0 Å². The van der Waals surface area contributed by atoms with E-state index in [0.717, 1.165) is 0 Å². The van der Waals surface area contributed by atoms with E-state index in [1.54, 1.807) is 6.20 Å². The van der Waals surface area contributed by atoms with Crippen LogP contribution >= 0.6 is 0 Å². The molecule has 0 saturated heterocycles. The highest BCUT2D eigenvalue weighted by atomic mass is 16.1. The molecule has 0 aromatic carbocycles. The minimum absolute atomic E-state index is 0.0577. The zero-order chi connectivity index (χ0) is 8.55. The van der Waals surface area contributed by atoms with Crippen molar-refractivity contribution in [2.75, 3.05) is 0 Å². The summed E-state index contributed by atoms with van der Waals surface area (Å²) in [5.41, 5.74) is 0.871. The second-order valence-corrected chi connectivity index (χ2v) is 2.56. The van der Waals surface area contributed by atoms with Crippen LogP contribution in [-0.2, 0) is 9.59 Å². The fraction of sp³-hybridized carbons (Fsp3) is 0.125. The van der Waals surface area contributed by atoms with Gasteiger partial charge in [0.05, 0.1) is 12.1 Å². The van der Waals surface area contributed by atoms with Gasteiger partial charge < -0.3 is 5.32 Å². The number of rotatable bonds is 0. The molecule has 2 rings (SSSR count). The molecule has 12 heavy (non-hydrogen) atoms. The van der Waals surface area contributed by atoms with Crippen LogP contribution in [0.2, 0.25) is 0 Å². The molecule has 1 aliphatic heterocycles. The number of aliphatic imine (C=N–C) groups is 1. The first-order valence-corrected chi connectivity index (χ1v) is 3.55. The summed E-state index contributed by atoms with van der Waals surface area (Å²) in [6.45, 7) is 0. The average Bonchev–Trinajstić information content (AvgIpc) is 2.04. The minimum Gasteiger partial charge on any atom is -0.358 e. The molecule has 0 aromatic heterocycles. The van der Waals surface area contributed by atoms with Gasteiger partial charge in [0.15, 0.2) is 11.6 Å². The maximum atomic E-state index is 11.2. The van der Waals surface area contributed by atoms with E-state index >= 15 is 0 Å². The lowest BCUT2D eigenvalue weighted by atomic mass is 9.99. The van der Waals surface area contributed by atoms with Crippen LogP contribution in [0, 0.1) is 0 Å². The Balaban J connectivity index is 2.49. The van der Waals surface area contributed by atoms with Gasteiger partial charge in [-0.05, 0) is 0 Å². The molecule has 1 aliphatic carbocycles. The molecule has 4 heteroatoms. The maximum Gasteiger partial charge on any atom is 0.191 e. The van der Waals surface area contributed by atoms with Gasteiger partial charge in [-0.3, -0.25) is 9.59 Å². The number of carbonyl (C=O) groups excluding carboxylic acids is 2. The highest BCUT2D eigenvalue weighted by Gasteiger charge is 2.25. The van der Waals surface area contributed by atoms with Crippen molar-refractivity contribution in [1.29, 1.82) is 0 Å². The van der Waals surface area contributed by atoms with Gasteiger partial charge in [0, 0.05) is 18.5 Å². The SMILES string of the molecule is O=C1C=C2NC=CN=C2C(=O)C1. The molecular weight excluding hydrogens is 156 g/mol. The van der Waals surface area contributed by atoms with E-state index in [1.165, 1.54) is 12.3 Å². The average molecular weight is 162 g/mol. The van der Waals surface area contributed by atoms with Gasteiger partial charge in [0.2, 0.25) is 0 Å². The molecule has 60 valence electrons. The van der Waals surface area contributed by atoms with E-state index in [-0.39, 0.29) is 18.0 Å². The largest absolute Gasteiger partial charge is 0.358 e. The summed E-state index contributed by atoms with van der Waals surface area (Å²) in [7, 11) is 0. The third-order valence-electron chi connectivity index (χ3n) is 1.68. The molecule has 0 unspecified atom stereocenters. The quantitative estimate of drug-likeness (QED) is 0.507. The zero-order valence-corrected chi connectivity index (χ0v) is 6.20. The fourth-order valence-electron chi connectivity index (χ4n) is 1.16. The molecular formula is C8H6N2O2. The third-order valence-corrected chi connectivity index (χ3v) is 1.68. The molecule has 1 N–H and O–H groups in total. The number of fused-ring (bicyclic) bond motifs is 1. The molecule has 0 saturated carbocycles. The number of nitrogens with one attached hydrogen (secondary N) is 1. The van der Waals surface area contributed by atoms with Gasteiger partial charge in [-0.25, -0.2) is 4.99 Å². The van der Waals surface area contributed by atoms with Crippen LogP contribution in [0.1, 0.15) is 6.42 Å². The molecule has 0 spiro atoms. The predicted octanol–water partition coefficient (Wildman–Crippen LogP) is -0.0724. The van der Waals surface area contributed by atoms with Gasteiger partial charge >= 0.3 is 0 Å². The van der Waals surface area contributed by atoms with Gasteiger partial charge in [0.25, 0.3) is 0 Å². The summed E-state index contributed by atoms with van der Waals surface area (Å²) in [6.07, 6.45) is 4.43. The lowest BCUT2D eigenvalue weighted by molar-refractivity contribution is -0.121. The monoisotopic (exact) mass is 162 g/mol. The molecule has 2 aliphatic rings. The topological polar surface area (TPSA) is 58.5 Å². The zero-order valence-electron chi connectivity index (χ0n) is 6.20. The van der Waals surface area contributed by atoms with Gasteiger partial charge in [-0.2, -0.15) is 0 Å². The van der Waals surface area contributed by atoms with Gasteiger partial charge in [-0.1, -0.05) is 0 Å². The molecule has 0 radical (unpaired) electrons. The summed E-state index contributed by atoms with van der Waals surface area (Å²) in [5.74, 6) is -0.383. The van der Waals surface area contributed by atoms with Crippen molar-refractivity contribution in [3.63, 3.8) is 0 Å². The maximum absolute atomic E-state index is 11.2. The Bertz CT molecular complexity index is 350. The Hall–Kier alpha value is -1.71. The van der Waals surface area contributed by atoms with E-state index in [0.29, 0.717) is 11.4 Å². The Labute approximate surface area is 68.7 Å². The number of hydrogen-bond donors (Lipinski definition) is 1. The van der Waals surface area contributed by atoms with Crippen LogP contribution < -0.4 is 5.32 Å². The van der Waals surface area contributed by atoms with E-state index in [2.05, 4.69) is 10.3 Å². The Kier molecular flexibility index (Phi) is 1.40. The van der Waals surface area contributed by atoms with E-state index in [9.17, 15) is 9.59 Å².